The monoisotopic (exact) mass is 391 g/mol. The molecule has 0 radical (unpaired) electrons. The molecule has 2 rings (SSSR count). The summed E-state index contributed by atoms with van der Waals surface area (Å²) in [4.78, 5) is 40.0. The summed E-state index contributed by atoms with van der Waals surface area (Å²) in [5.41, 5.74) is -0.626. The van der Waals surface area contributed by atoms with Crippen molar-refractivity contribution >= 4 is 41.3 Å². The number of ether oxygens (including phenoxy) is 1. The lowest BCUT2D eigenvalue weighted by atomic mass is 10.0. The van der Waals surface area contributed by atoms with Crippen molar-refractivity contribution in [3.05, 3.63) is 0 Å². The van der Waals surface area contributed by atoms with Crippen molar-refractivity contribution in [3.63, 3.8) is 0 Å². The molecule has 2 aliphatic rings. The number of thioether (sulfide) groups is 1. The Labute approximate surface area is 157 Å². The van der Waals surface area contributed by atoms with Gasteiger partial charge in [0.1, 0.15) is 17.5 Å². The highest BCUT2D eigenvalue weighted by molar-refractivity contribution is 7.99. The Morgan fingerprint density at radius 2 is 2.04 bits per heavy atom. The van der Waals surface area contributed by atoms with E-state index in [1.807, 2.05) is 0 Å². The van der Waals surface area contributed by atoms with Crippen LogP contribution in [0.5, 0.6) is 0 Å². The fourth-order valence-electron chi connectivity index (χ4n) is 2.93. The maximum absolute atomic E-state index is 12.8. The van der Waals surface area contributed by atoms with Gasteiger partial charge >= 0.3 is 6.09 Å². The number of rotatable bonds is 4. The largest absolute Gasteiger partial charge is 0.444 e. The molecule has 0 aromatic carbocycles. The number of amides is 3. The average molecular weight is 392 g/mol. The minimum Gasteiger partial charge on any atom is -0.444 e. The van der Waals surface area contributed by atoms with E-state index in [1.54, 1.807) is 37.4 Å². The number of nitrogens with one attached hydrogen (secondary N) is 1. The molecular weight excluding hydrogens is 366 g/mol. The van der Waals surface area contributed by atoms with E-state index >= 15 is 0 Å². The molecule has 0 saturated carbocycles. The van der Waals surface area contributed by atoms with Crippen LogP contribution in [0.15, 0.2) is 0 Å². The van der Waals surface area contributed by atoms with Crippen LogP contribution in [0.2, 0.25) is 0 Å². The second kappa shape index (κ2) is 8.49. The van der Waals surface area contributed by atoms with Crippen LogP contribution in [-0.4, -0.2) is 76.5 Å². The van der Waals surface area contributed by atoms with Gasteiger partial charge in [0, 0.05) is 25.4 Å². The number of alkyl halides is 1. The Bertz CT molecular complexity index is 520. The minimum absolute atomic E-state index is 0.00360. The van der Waals surface area contributed by atoms with Gasteiger partial charge in [-0.3, -0.25) is 14.5 Å². The van der Waals surface area contributed by atoms with Crippen LogP contribution in [0, 0.1) is 5.92 Å². The molecule has 2 fully saturated rings. The average Bonchev–Trinajstić information content (AvgIpc) is 3.19. The molecule has 0 aliphatic carbocycles. The molecule has 2 atom stereocenters. The first-order valence-corrected chi connectivity index (χ1v) is 10.1. The maximum atomic E-state index is 12.8. The second-order valence-corrected chi connectivity index (χ2v) is 8.67. The zero-order valence-electron chi connectivity index (χ0n) is 14.9. The Morgan fingerprint density at radius 3 is 2.60 bits per heavy atom. The van der Waals surface area contributed by atoms with Crippen molar-refractivity contribution in [3.8, 4) is 0 Å². The smallest absolute Gasteiger partial charge is 0.410 e. The number of nitrogens with zero attached hydrogens (tertiary/aromatic N) is 2. The predicted molar refractivity (Wildman–Crippen MR) is 97.6 cm³/mol. The zero-order valence-corrected chi connectivity index (χ0v) is 16.5. The van der Waals surface area contributed by atoms with E-state index in [1.165, 1.54) is 4.90 Å². The fraction of sp³-hybridized carbons (Fsp3) is 0.812. The van der Waals surface area contributed by atoms with Crippen molar-refractivity contribution in [1.82, 2.24) is 15.1 Å². The van der Waals surface area contributed by atoms with Gasteiger partial charge in [-0.1, -0.05) is 0 Å². The van der Waals surface area contributed by atoms with Crippen LogP contribution in [-0.2, 0) is 14.3 Å². The van der Waals surface area contributed by atoms with Crippen molar-refractivity contribution < 1.29 is 19.1 Å². The normalized spacial score (nSPS) is 23.7. The second-order valence-electron chi connectivity index (χ2n) is 7.33. The lowest BCUT2D eigenvalue weighted by Crippen LogP contribution is -2.48. The third-order valence-electron chi connectivity index (χ3n) is 4.07. The maximum Gasteiger partial charge on any atom is 0.410 e. The Balaban J connectivity index is 2.06. The molecule has 1 N–H and O–H groups in total. The van der Waals surface area contributed by atoms with Crippen molar-refractivity contribution in [2.24, 2.45) is 5.92 Å². The van der Waals surface area contributed by atoms with Gasteiger partial charge in [-0.15, -0.1) is 23.4 Å². The topological polar surface area (TPSA) is 79.0 Å². The standard InChI is InChI=1S/C16H26ClN3O4S/c1-16(2,3)24-15(23)20-9-11(8-18-13(21)7-17)6-12(20)14(22)19-4-5-25-10-19/h11-12H,4-10H2,1-3H3,(H,18,21)/t11-,12+/m1/s1. The molecule has 2 saturated heterocycles. The number of hydrogen-bond acceptors (Lipinski definition) is 5. The van der Waals surface area contributed by atoms with Gasteiger partial charge in [-0.2, -0.15) is 0 Å². The van der Waals surface area contributed by atoms with Gasteiger partial charge < -0.3 is 15.0 Å². The Kier molecular flexibility index (Phi) is 6.85. The number of carbonyl (C=O) groups excluding carboxylic acids is 3. The van der Waals surface area contributed by atoms with Gasteiger partial charge in [0.2, 0.25) is 11.8 Å². The minimum atomic E-state index is -0.626. The summed E-state index contributed by atoms with van der Waals surface area (Å²) in [6.45, 7) is 6.88. The van der Waals surface area contributed by atoms with Gasteiger partial charge in [-0.25, -0.2) is 4.79 Å². The number of hydrogen-bond donors (Lipinski definition) is 1. The molecule has 2 heterocycles. The van der Waals surface area contributed by atoms with E-state index < -0.39 is 17.7 Å². The predicted octanol–water partition coefficient (Wildman–Crippen LogP) is 1.50. The van der Waals surface area contributed by atoms with Crippen LogP contribution in [0.4, 0.5) is 4.79 Å². The highest BCUT2D eigenvalue weighted by Crippen LogP contribution is 2.28. The van der Waals surface area contributed by atoms with Crippen LogP contribution in [0.25, 0.3) is 0 Å². The third-order valence-corrected chi connectivity index (χ3v) is 5.28. The van der Waals surface area contributed by atoms with E-state index in [9.17, 15) is 14.4 Å². The zero-order chi connectivity index (χ0) is 18.6. The molecular formula is C16H26ClN3O4S. The highest BCUT2D eigenvalue weighted by Gasteiger charge is 2.43. The quantitative estimate of drug-likeness (QED) is 0.735. The van der Waals surface area contributed by atoms with Crippen LogP contribution in [0.1, 0.15) is 27.2 Å². The molecule has 2 aliphatic heterocycles. The molecule has 0 spiro atoms. The van der Waals surface area contributed by atoms with E-state index in [4.69, 9.17) is 16.3 Å². The molecule has 3 amide bonds. The van der Waals surface area contributed by atoms with Gasteiger partial charge in [-0.05, 0) is 33.1 Å². The number of likely N-dealkylation sites (tertiary alicyclic amines) is 1. The molecule has 0 unspecified atom stereocenters. The third kappa shape index (κ3) is 5.67. The van der Waals surface area contributed by atoms with Gasteiger partial charge in [0.05, 0.1) is 5.88 Å². The summed E-state index contributed by atoms with van der Waals surface area (Å²) in [5, 5.41) is 2.73. The van der Waals surface area contributed by atoms with Crippen LogP contribution >= 0.6 is 23.4 Å². The Hall–Kier alpha value is -1.15. The van der Waals surface area contributed by atoms with Gasteiger partial charge in [0.15, 0.2) is 0 Å². The van der Waals surface area contributed by atoms with Crippen molar-refractivity contribution in [2.75, 3.05) is 37.1 Å². The molecule has 142 valence electrons. The Morgan fingerprint density at radius 1 is 1.32 bits per heavy atom. The number of carbonyl (C=O) groups is 3. The highest BCUT2D eigenvalue weighted by atomic mass is 35.5. The molecule has 0 bridgehead atoms. The van der Waals surface area contributed by atoms with Crippen molar-refractivity contribution in [2.45, 2.75) is 38.8 Å². The summed E-state index contributed by atoms with van der Waals surface area (Å²) in [5.74, 6) is 1.18. The molecule has 7 nitrogen and oxygen atoms in total. The summed E-state index contributed by atoms with van der Waals surface area (Å²) in [7, 11) is 0. The first-order valence-electron chi connectivity index (χ1n) is 8.40. The SMILES string of the molecule is CC(C)(C)OC(=O)N1C[C@@H](CNC(=O)CCl)C[C@H]1C(=O)N1CCSC1. The molecule has 9 heteroatoms. The van der Waals surface area contributed by atoms with E-state index in [0.29, 0.717) is 31.9 Å². The summed E-state index contributed by atoms with van der Waals surface area (Å²) in [6, 6.07) is -0.536. The van der Waals surface area contributed by atoms with Crippen LogP contribution < -0.4 is 5.32 Å². The molecule has 0 aromatic rings. The summed E-state index contributed by atoms with van der Waals surface area (Å²) >= 11 is 7.20. The summed E-state index contributed by atoms with van der Waals surface area (Å²) < 4.78 is 5.46. The molecule has 25 heavy (non-hydrogen) atoms. The van der Waals surface area contributed by atoms with Crippen molar-refractivity contribution in [1.29, 1.82) is 0 Å². The van der Waals surface area contributed by atoms with Crippen LogP contribution in [0.3, 0.4) is 0 Å². The van der Waals surface area contributed by atoms with Gasteiger partial charge in [0.25, 0.3) is 0 Å². The first kappa shape index (κ1) is 20.2. The van der Waals surface area contributed by atoms with E-state index in [-0.39, 0.29) is 23.6 Å². The first-order chi connectivity index (χ1) is 11.7. The van der Waals surface area contributed by atoms with E-state index in [0.717, 1.165) is 5.75 Å². The molecule has 0 aromatic heterocycles. The fourth-order valence-corrected chi connectivity index (χ4v) is 3.98. The lowest BCUT2D eigenvalue weighted by molar-refractivity contribution is -0.134. The summed E-state index contributed by atoms with van der Waals surface area (Å²) in [6.07, 6.45) is 0.0332. The lowest BCUT2D eigenvalue weighted by Gasteiger charge is -2.29. The van der Waals surface area contributed by atoms with E-state index in [2.05, 4.69) is 5.32 Å². The number of halogens is 1.